The molecule has 4 rings (SSSR count). The number of hydrogen-bond donors (Lipinski definition) is 0. The molecule has 0 N–H and O–H groups in total. The lowest BCUT2D eigenvalue weighted by molar-refractivity contribution is -0.140. The van der Waals surface area contributed by atoms with Gasteiger partial charge in [-0.25, -0.2) is 9.36 Å². The van der Waals surface area contributed by atoms with Gasteiger partial charge in [0.15, 0.2) is 5.82 Å². The molecule has 9 nitrogen and oxygen atoms in total. The summed E-state index contributed by atoms with van der Waals surface area (Å²) in [5.74, 6) is 0.612. The second-order valence-corrected chi connectivity index (χ2v) is 7.59. The van der Waals surface area contributed by atoms with Gasteiger partial charge < -0.3 is 14.5 Å². The number of carbonyl (C=O) groups excluding carboxylic acids is 2. The van der Waals surface area contributed by atoms with E-state index in [1.54, 1.807) is 33.7 Å². The predicted octanol–water partition coefficient (Wildman–Crippen LogP) is 0.481. The van der Waals surface area contributed by atoms with E-state index in [4.69, 9.17) is 4.74 Å². The van der Waals surface area contributed by atoms with Crippen LogP contribution in [0.2, 0.25) is 0 Å². The molecule has 0 aromatic carbocycles. The first-order valence-electron chi connectivity index (χ1n) is 9.66. The van der Waals surface area contributed by atoms with Gasteiger partial charge in [0.1, 0.15) is 5.56 Å². The quantitative estimate of drug-likeness (QED) is 0.766. The monoisotopic (exact) mass is 386 g/mol. The molecule has 2 saturated heterocycles. The van der Waals surface area contributed by atoms with Crippen molar-refractivity contribution in [2.75, 3.05) is 39.4 Å². The van der Waals surface area contributed by atoms with E-state index in [1.165, 1.54) is 0 Å². The van der Waals surface area contributed by atoms with Crippen LogP contribution < -0.4 is 0 Å². The summed E-state index contributed by atoms with van der Waals surface area (Å²) >= 11 is 0. The average Bonchev–Trinajstić information content (AvgIpc) is 3.40. The van der Waals surface area contributed by atoms with Crippen molar-refractivity contribution in [3.05, 3.63) is 29.7 Å². The predicted molar refractivity (Wildman–Crippen MR) is 101 cm³/mol. The van der Waals surface area contributed by atoms with E-state index in [9.17, 15) is 9.59 Å². The zero-order valence-electron chi connectivity index (χ0n) is 16.5. The molecule has 2 aromatic rings. The number of ether oxygens (including phenoxy) is 1. The first kappa shape index (κ1) is 18.7. The van der Waals surface area contributed by atoms with Crippen molar-refractivity contribution < 1.29 is 14.3 Å². The first-order chi connectivity index (χ1) is 13.5. The molecule has 2 atom stereocenters. The van der Waals surface area contributed by atoms with Gasteiger partial charge in [0.25, 0.3) is 5.91 Å². The fraction of sp³-hybridized carbons (Fsp3) is 0.579. The van der Waals surface area contributed by atoms with E-state index in [1.807, 2.05) is 24.8 Å². The summed E-state index contributed by atoms with van der Waals surface area (Å²) in [6.07, 6.45) is 3.47. The molecular weight excluding hydrogens is 360 g/mol. The van der Waals surface area contributed by atoms with Crippen LogP contribution in [-0.4, -0.2) is 80.6 Å². The molecule has 28 heavy (non-hydrogen) atoms. The third-order valence-corrected chi connectivity index (χ3v) is 5.67. The minimum atomic E-state index is -0.174. The smallest absolute Gasteiger partial charge is 0.259 e. The molecule has 150 valence electrons. The highest BCUT2D eigenvalue weighted by Crippen LogP contribution is 2.29. The van der Waals surface area contributed by atoms with Crippen LogP contribution in [0.15, 0.2) is 18.5 Å². The fourth-order valence-corrected chi connectivity index (χ4v) is 4.18. The molecule has 2 aliphatic rings. The summed E-state index contributed by atoms with van der Waals surface area (Å²) in [4.78, 5) is 30.0. The van der Waals surface area contributed by atoms with Gasteiger partial charge in [-0.1, -0.05) is 6.92 Å². The summed E-state index contributed by atoms with van der Waals surface area (Å²) in [6.45, 7) is 7.28. The van der Waals surface area contributed by atoms with Crippen LogP contribution in [0, 0.1) is 18.8 Å². The van der Waals surface area contributed by atoms with E-state index >= 15 is 0 Å². The van der Waals surface area contributed by atoms with Crippen molar-refractivity contribution in [2.24, 2.45) is 18.9 Å². The molecule has 9 heteroatoms. The standard InChI is InChI=1S/C19H26N6O3/c1-13-11-24(12-15(13)18(26)23-7-9-28-10-8-23)19(27)16-14(2)21-22(3)17(16)25-6-4-5-20-25/h4-6,13,15H,7-12H2,1-3H3/t13-,15-/m1/s1. The zero-order valence-corrected chi connectivity index (χ0v) is 16.5. The maximum atomic E-state index is 13.4. The number of hydrogen-bond acceptors (Lipinski definition) is 5. The number of amides is 2. The Hall–Kier alpha value is -2.68. The molecule has 2 aromatic heterocycles. The summed E-state index contributed by atoms with van der Waals surface area (Å²) in [7, 11) is 1.80. The largest absolute Gasteiger partial charge is 0.378 e. The summed E-state index contributed by atoms with van der Waals surface area (Å²) in [5, 5.41) is 8.69. The number of aryl methyl sites for hydroxylation is 2. The fourth-order valence-electron chi connectivity index (χ4n) is 4.18. The molecule has 0 saturated carbocycles. The third-order valence-electron chi connectivity index (χ3n) is 5.67. The Morgan fingerprint density at radius 3 is 2.61 bits per heavy atom. The van der Waals surface area contributed by atoms with Crippen molar-refractivity contribution in [3.8, 4) is 5.82 Å². The zero-order chi connectivity index (χ0) is 19.8. The minimum absolute atomic E-state index is 0.0970. The molecule has 2 amide bonds. The third kappa shape index (κ3) is 3.19. The van der Waals surface area contributed by atoms with Crippen LogP contribution in [0.1, 0.15) is 23.0 Å². The highest BCUT2D eigenvalue weighted by atomic mass is 16.5. The molecule has 0 aliphatic carbocycles. The second-order valence-electron chi connectivity index (χ2n) is 7.59. The second kappa shape index (κ2) is 7.38. The topological polar surface area (TPSA) is 85.5 Å². The number of nitrogens with zero attached hydrogens (tertiary/aromatic N) is 6. The van der Waals surface area contributed by atoms with Gasteiger partial charge >= 0.3 is 0 Å². The Bertz CT molecular complexity index is 869. The van der Waals surface area contributed by atoms with Gasteiger partial charge in [0.05, 0.1) is 24.8 Å². The maximum Gasteiger partial charge on any atom is 0.259 e. The Balaban J connectivity index is 1.56. The minimum Gasteiger partial charge on any atom is -0.378 e. The molecule has 0 radical (unpaired) electrons. The number of carbonyl (C=O) groups is 2. The number of aromatic nitrogens is 4. The Morgan fingerprint density at radius 1 is 1.18 bits per heavy atom. The van der Waals surface area contributed by atoms with E-state index in [2.05, 4.69) is 10.2 Å². The van der Waals surface area contributed by atoms with Gasteiger partial charge in [-0.15, -0.1) is 0 Å². The van der Waals surface area contributed by atoms with Gasteiger partial charge in [-0.3, -0.25) is 9.59 Å². The van der Waals surface area contributed by atoms with Crippen LogP contribution in [0.4, 0.5) is 0 Å². The van der Waals surface area contributed by atoms with Gasteiger partial charge in [-0.2, -0.15) is 10.2 Å². The van der Waals surface area contributed by atoms with Crippen molar-refractivity contribution in [3.63, 3.8) is 0 Å². The van der Waals surface area contributed by atoms with Gasteiger partial charge in [-0.05, 0) is 18.9 Å². The molecule has 2 fully saturated rings. The van der Waals surface area contributed by atoms with Gasteiger partial charge in [0.2, 0.25) is 5.91 Å². The Morgan fingerprint density at radius 2 is 1.93 bits per heavy atom. The first-order valence-corrected chi connectivity index (χ1v) is 9.66. The van der Waals surface area contributed by atoms with Crippen LogP contribution in [0.3, 0.4) is 0 Å². The van der Waals surface area contributed by atoms with Crippen molar-refractivity contribution in [1.29, 1.82) is 0 Å². The maximum absolute atomic E-state index is 13.4. The molecule has 4 heterocycles. The average molecular weight is 386 g/mol. The molecule has 0 bridgehead atoms. The lowest BCUT2D eigenvalue weighted by Crippen LogP contribution is -2.45. The molecule has 0 spiro atoms. The van der Waals surface area contributed by atoms with E-state index in [0.29, 0.717) is 56.5 Å². The van der Waals surface area contributed by atoms with E-state index in [0.717, 1.165) is 0 Å². The summed E-state index contributed by atoms with van der Waals surface area (Å²) in [5.41, 5.74) is 1.20. The summed E-state index contributed by atoms with van der Waals surface area (Å²) < 4.78 is 8.67. The summed E-state index contributed by atoms with van der Waals surface area (Å²) in [6, 6.07) is 1.81. The van der Waals surface area contributed by atoms with Crippen LogP contribution in [0.5, 0.6) is 0 Å². The Kier molecular flexibility index (Phi) is 4.92. The number of rotatable bonds is 3. The van der Waals surface area contributed by atoms with Crippen LogP contribution >= 0.6 is 0 Å². The van der Waals surface area contributed by atoms with Crippen molar-refractivity contribution >= 4 is 11.8 Å². The van der Waals surface area contributed by atoms with Crippen LogP contribution in [-0.2, 0) is 16.6 Å². The lowest BCUT2D eigenvalue weighted by Gasteiger charge is -2.30. The highest BCUT2D eigenvalue weighted by molar-refractivity contribution is 5.99. The molecule has 2 aliphatic heterocycles. The van der Waals surface area contributed by atoms with Crippen molar-refractivity contribution in [1.82, 2.24) is 29.4 Å². The Labute approximate surface area is 163 Å². The van der Waals surface area contributed by atoms with E-state index in [-0.39, 0.29) is 23.7 Å². The SMILES string of the molecule is Cc1nn(C)c(-n2cccn2)c1C(=O)N1C[C@@H](C)[C@H](C(=O)N2CCOCC2)C1. The lowest BCUT2D eigenvalue weighted by atomic mass is 9.96. The van der Waals surface area contributed by atoms with Gasteiger partial charge in [0, 0.05) is 45.6 Å². The molecular formula is C19H26N6O3. The normalized spacial score (nSPS) is 22.7. The number of morpholine rings is 1. The highest BCUT2D eigenvalue weighted by Gasteiger charge is 2.40. The molecule has 0 unspecified atom stereocenters. The van der Waals surface area contributed by atoms with Crippen molar-refractivity contribution in [2.45, 2.75) is 13.8 Å². The number of likely N-dealkylation sites (tertiary alicyclic amines) is 1. The van der Waals surface area contributed by atoms with E-state index < -0.39 is 0 Å². The van der Waals surface area contributed by atoms with Crippen LogP contribution in [0.25, 0.3) is 5.82 Å².